The van der Waals surface area contributed by atoms with Gasteiger partial charge >= 0.3 is 37.3 Å². The first-order valence-corrected chi connectivity index (χ1v) is 26.9. The van der Waals surface area contributed by atoms with Crippen molar-refractivity contribution in [2.45, 2.75) is 136 Å². The molecule has 0 radical (unpaired) electrons. The smallest absolute Gasteiger partial charge is 0.413 e. The molecule has 0 saturated carbocycles. The molecule has 1 aliphatic heterocycles. The van der Waals surface area contributed by atoms with E-state index in [0.29, 0.717) is 10.1 Å². The number of ether oxygens (including phenoxy) is 4. The van der Waals surface area contributed by atoms with Gasteiger partial charge in [-0.05, 0) is 105 Å². The molecule has 0 spiro atoms. The summed E-state index contributed by atoms with van der Waals surface area (Å²) < 4.78 is 85.0. The average Bonchev–Trinajstić information content (AvgIpc) is 3.29. The fraction of sp³-hybridized carbons (Fsp3) is 0.629. The van der Waals surface area contributed by atoms with Crippen LogP contribution in [-0.4, -0.2) is 93.2 Å². The second kappa shape index (κ2) is 19.5. The van der Waals surface area contributed by atoms with Crippen LogP contribution in [0.25, 0.3) is 0 Å². The van der Waals surface area contributed by atoms with Gasteiger partial charge in [0.1, 0.15) is 42.5 Å². The van der Waals surface area contributed by atoms with Crippen molar-refractivity contribution in [2.75, 3.05) is 11.9 Å². The summed E-state index contributed by atoms with van der Waals surface area (Å²) in [6.07, 6.45) is -5.66. The lowest BCUT2D eigenvalue weighted by atomic mass is 10.1. The Bertz CT molecular complexity index is 1770. The van der Waals surface area contributed by atoms with Crippen molar-refractivity contribution in [3.8, 4) is 5.75 Å². The molecule has 1 fully saturated rings. The van der Waals surface area contributed by atoms with Gasteiger partial charge in [0, 0.05) is 6.20 Å². The van der Waals surface area contributed by atoms with Gasteiger partial charge in [-0.1, -0.05) is 12.1 Å². The van der Waals surface area contributed by atoms with Crippen LogP contribution in [0.2, 0.25) is 39.3 Å². The number of aromatic nitrogens is 2. The molecule has 3 rings (SSSR count). The van der Waals surface area contributed by atoms with Crippen LogP contribution in [0.1, 0.15) is 53.3 Å². The zero-order valence-corrected chi connectivity index (χ0v) is 37.3. The number of rotatable bonds is 19. The Morgan fingerprint density at radius 1 is 0.895 bits per heavy atom. The van der Waals surface area contributed by atoms with Crippen LogP contribution in [-0.2, 0) is 48.6 Å². The molecule has 5 atom stereocenters. The Morgan fingerprint density at radius 3 is 1.91 bits per heavy atom. The van der Waals surface area contributed by atoms with Crippen LogP contribution in [0, 0.1) is 0 Å². The van der Waals surface area contributed by atoms with Gasteiger partial charge < -0.3 is 32.3 Å². The van der Waals surface area contributed by atoms with Crippen molar-refractivity contribution in [1.82, 2.24) is 19.7 Å². The molecule has 1 aromatic carbocycles. The number of nitrogens with zero attached hydrogens (tertiary/aromatic N) is 2. The third-order valence-electron chi connectivity index (χ3n) is 7.49. The van der Waals surface area contributed by atoms with E-state index in [1.54, 1.807) is 47.3 Å². The Kier molecular flexibility index (Phi) is 16.3. The van der Waals surface area contributed by atoms with Crippen LogP contribution in [0.3, 0.4) is 0 Å². The van der Waals surface area contributed by atoms with E-state index < -0.39 is 96.7 Å². The molecule has 22 heteroatoms. The van der Waals surface area contributed by atoms with Gasteiger partial charge in [-0.2, -0.15) is 13.8 Å². The van der Waals surface area contributed by atoms with Gasteiger partial charge in [0.2, 0.25) is 6.23 Å². The highest BCUT2D eigenvalue weighted by atomic mass is 31.2. The molecule has 2 unspecified atom stereocenters. The first-order valence-electron chi connectivity index (χ1n) is 18.4. The molecular formula is C35H56F2N5O12PSi2. The molecule has 0 bridgehead atoms. The summed E-state index contributed by atoms with van der Waals surface area (Å²) in [6, 6.07) is 4.80. The van der Waals surface area contributed by atoms with Crippen molar-refractivity contribution in [1.29, 1.82) is 0 Å². The highest BCUT2D eigenvalue weighted by molar-refractivity contribution is 7.55. The number of carbonyl (C=O) groups is 3. The number of esters is 2. The first-order chi connectivity index (χ1) is 26.2. The molecule has 1 saturated heterocycles. The minimum atomic E-state index is -4.17. The minimum absolute atomic E-state index is 0.0650. The van der Waals surface area contributed by atoms with Crippen molar-refractivity contribution in [3.63, 3.8) is 0 Å². The number of hydrogen-bond donors (Lipinski definition) is 3. The largest absolute Gasteiger partial charge is 0.462 e. The van der Waals surface area contributed by atoms with Gasteiger partial charge in [-0.3, -0.25) is 19.5 Å². The van der Waals surface area contributed by atoms with E-state index >= 15 is 8.78 Å². The number of hydrogen-bond acceptors (Lipinski definition) is 13. The summed E-state index contributed by atoms with van der Waals surface area (Å²) in [6.45, 7) is 20.1. The number of amides is 1. The number of anilines is 1. The van der Waals surface area contributed by atoms with E-state index in [2.05, 4.69) is 20.5 Å². The van der Waals surface area contributed by atoms with Gasteiger partial charge in [0.15, 0.2) is 16.6 Å². The monoisotopic (exact) mass is 863 g/mol. The zero-order chi connectivity index (χ0) is 43.1. The standard InChI is InChI=1S/C35H56F2N5O12PSi2/c1-21(2)50-30(43)23(5)40-55(47,41-24(6)31(44)51-22(3)4)53-26-15-13-25(14-16-26)19-48-34(46)39-28-17-18-42(33(45)38-28)32-35(36,37)29(54-57(10,11)12)27(52-32)20-49-56(7,8)9/h13-18,21-24,27,29,32H,19-20H2,1-12H3,(H2,40,41,47)(H,38,39,45,46)/t23?,24?,27-,29-,32-,55?/m1/s1. The lowest BCUT2D eigenvalue weighted by molar-refractivity contribution is -0.149. The SMILES string of the molecule is CC(C)OC(=O)C(C)NP(=O)(NC(C)C(=O)OC(C)C)Oc1ccc(COC(=O)Nc2ccn([C@@H]3O[C@H](CO[Si](C)(C)C)[C@@H](O[Si](C)(C)C)C3(F)F)c(=O)n2)cc1. The van der Waals surface area contributed by atoms with Gasteiger partial charge in [0.05, 0.1) is 18.8 Å². The minimum Gasteiger partial charge on any atom is -0.462 e. The van der Waals surface area contributed by atoms with E-state index in [4.69, 9.17) is 32.3 Å². The van der Waals surface area contributed by atoms with E-state index in [9.17, 15) is 23.7 Å². The van der Waals surface area contributed by atoms with E-state index in [-0.39, 0.29) is 24.8 Å². The molecule has 2 aromatic rings. The quantitative estimate of drug-likeness (QED) is 0.0647. The predicted molar refractivity (Wildman–Crippen MR) is 211 cm³/mol. The van der Waals surface area contributed by atoms with Crippen LogP contribution >= 0.6 is 7.67 Å². The lowest BCUT2D eigenvalue weighted by Crippen LogP contribution is -2.49. The summed E-state index contributed by atoms with van der Waals surface area (Å²) in [5.74, 6) is -5.20. The molecule has 3 N–H and O–H groups in total. The van der Waals surface area contributed by atoms with Crippen molar-refractivity contribution >= 4 is 48.2 Å². The maximum atomic E-state index is 15.8. The van der Waals surface area contributed by atoms with Gasteiger partial charge in [0.25, 0.3) is 0 Å². The van der Waals surface area contributed by atoms with Gasteiger partial charge in [-0.15, -0.1) is 0 Å². The fourth-order valence-electron chi connectivity index (χ4n) is 5.08. The summed E-state index contributed by atoms with van der Waals surface area (Å²) >= 11 is 0. The van der Waals surface area contributed by atoms with E-state index in [1.807, 2.05) is 19.6 Å². The molecule has 57 heavy (non-hydrogen) atoms. The Hall–Kier alpha value is -3.57. The highest BCUT2D eigenvalue weighted by Gasteiger charge is 2.62. The molecule has 320 valence electrons. The zero-order valence-electron chi connectivity index (χ0n) is 34.4. The molecule has 2 heterocycles. The second-order valence-corrected chi connectivity index (χ2v) is 26.7. The molecular weight excluding hydrogens is 808 g/mol. The third kappa shape index (κ3) is 15.0. The van der Waals surface area contributed by atoms with Crippen LogP contribution < -0.4 is 25.7 Å². The summed E-state index contributed by atoms with van der Waals surface area (Å²) in [4.78, 5) is 54.3. The fourth-order valence-corrected chi connectivity index (χ4v) is 8.64. The number of benzene rings is 1. The lowest BCUT2D eigenvalue weighted by Gasteiger charge is -2.31. The highest BCUT2D eigenvalue weighted by Crippen LogP contribution is 2.45. The number of halogens is 2. The number of alkyl halides is 2. The number of carbonyl (C=O) groups excluding carboxylic acids is 3. The Labute approximate surface area is 333 Å². The summed E-state index contributed by atoms with van der Waals surface area (Å²) in [5.41, 5.74) is -0.645. The Morgan fingerprint density at radius 2 is 1.44 bits per heavy atom. The van der Waals surface area contributed by atoms with Crippen LogP contribution in [0.15, 0.2) is 41.3 Å². The maximum absolute atomic E-state index is 15.8. The van der Waals surface area contributed by atoms with Crippen molar-refractivity contribution in [3.05, 3.63) is 52.6 Å². The summed E-state index contributed by atoms with van der Waals surface area (Å²) in [7, 11) is -8.77. The number of nitrogens with one attached hydrogen (secondary N) is 3. The Balaban J connectivity index is 1.67. The molecule has 17 nitrogen and oxygen atoms in total. The predicted octanol–water partition coefficient (Wildman–Crippen LogP) is 5.94. The van der Waals surface area contributed by atoms with Crippen LogP contribution in [0.4, 0.5) is 19.4 Å². The molecule has 0 aliphatic carbocycles. The van der Waals surface area contributed by atoms with Gasteiger partial charge in [-0.25, -0.2) is 24.3 Å². The molecule has 1 amide bonds. The maximum Gasteiger partial charge on any atom is 0.413 e. The average molecular weight is 864 g/mol. The topological polar surface area (TPSA) is 204 Å². The normalized spacial score (nSPS) is 20.4. The summed E-state index contributed by atoms with van der Waals surface area (Å²) in [5, 5.41) is 7.48. The van der Waals surface area contributed by atoms with Crippen molar-refractivity contribution < 1.29 is 60.1 Å². The van der Waals surface area contributed by atoms with E-state index in [0.717, 1.165) is 12.3 Å². The third-order valence-corrected chi connectivity index (χ3v) is 11.4. The van der Waals surface area contributed by atoms with E-state index in [1.165, 1.54) is 38.1 Å². The molecule has 1 aromatic heterocycles. The molecule has 1 aliphatic rings. The van der Waals surface area contributed by atoms with Crippen molar-refractivity contribution in [2.24, 2.45) is 0 Å². The van der Waals surface area contributed by atoms with Crippen LogP contribution in [0.5, 0.6) is 5.75 Å². The first kappa shape index (κ1) is 47.8. The second-order valence-electron chi connectivity index (χ2n) is 15.9.